The molecule has 0 saturated heterocycles. The van der Waals surface area contributed by atoms with Crippen molar-refractivity contribution in [1.29, 1.82) is 0 Å². The van der Waals surface area contributed by atoms with Crippen LogP contribution in [-0.4, -0.2) is 40.8 Å². The molecular formula is C28H33N3O5S. The Balaban J connectivity index is 1.86. The van der Waals surface area contributed by atoms with Gasteiger partial charge in [-0.25, -0.2) is 13.8 Å². The van der Waals surface area contributed by atoms with E-state index in [-0.39, 0.29) is 21.7 Å². The first kappa shape index (κ1) is 27.7. The summed E-state index contributed by atoms with van der Waals surface area (Å²) in [5.74, 6) is 0.147. The van der Waals surface area contributed by atoms with Crippen LogP contribution in [0.3, 0.4) is 0 Å². The average Bonchev–Trinajstić information content (AvgIpc) is 2.91. The summed E-state index contributed by atoms with van der Waals surface area (Å²) in [6, 6.07) is 22.7. The lowest BCUT2D eigenvalue weighted by Crippen LogP contribution is -2.40. The number of hydrogen-bond acceptors (Lipinski definition) is 6. The molecule has 0 fully saturated rings. The Labute approximate surface area is 219 Å². The second-order valence-corrected chi connectivity index (χ2v) is 11.0. The standard InChI is InChI=1S/C28H33N3O5S/c1-21(19-28(2,3)22-12-8-6-9-13-22)29-30-27(32)20-31(37(33,34)24-14-10-7-11-15-24)25-17-16-23(35-4)18-26(25)36-5/h6-18H,19-20H2,1-5H3,(H,30,32)/b29-21-. The molecule has 3 aromatic rings. The Morgan fingerprint density at radius 1 is 0.946 bits per heavy atom. The van der Waals surface area contributed by atoms with Crippen LogP contribution in [0, 0.1) is 0 Å². The van der Waals surface area contributed by atoms with E-state index in [9.17, 15) is 13.2 Å². The van der Waals surface area contributed by atoms with E-state index < -0.39 is 22.5 Å². The van der Waals surface area contributed by atoms with Gasteiger partial charge in [-0.1, -0.05) is 62.4 Å². The molecule has 0 heterocycles. The Morgan fingerprint density at radius 2 is 1.57 bits per heavy atom. The molecule has 9 heteroatoms. The van der Waals surface area contributed by atoms with Gasteiger partial charge < -0.3 is 9.47 Å². The molecule has 196 valence electrons. The Kier molecular flexibility index (Phi) is 8.94. The normalized spacial score (nSPS) is 12.1. The van der Waals surface area contributed by atoms with E-state index in [0.717, 1.165) is 9.87 Å². The third-order valence-electron chi connectivity index (χ3n) is 5.90. The molecular weight excluding hydrogens is 490 g/mol. The number of benzene rings is 3. The maximum atomic E-state index is 13.6. The van der Waals surface area contributed by atoms with Gasteiger partial charge >= 0.3 is 0 Å². The molecule has 0 atom stereocenters. The second-order valence-electron chi connectivity index (χ2n) is 9.17. The van der Waals surface area contributed by atoms with Gasteiger partial charge in [0, 0.05) is 11.8 Å². The number of hydrogen-bond donors (Lipinski definition) is 1. The lowest BCUT2D eigenvalue weighted by molar-refractivity contribution is -0.119. The van der Waals surface area contributed by atoms with Gasteiger partial charge in [0.1, 0.15) is 18.0 Å². The summed E-state index contributed by atoms with van der Waals surface area (Å²) in [7, 11) is -1.18. The first-order valence-electron chi connectivity index (χ1n) is 11.8. The highest BCUT2D eigenvalue weighted by Gasteiger charge is 2.30. The zero-order valence-corrected chi connectivity index (χ0v) is 22.6. The number of methoxy groups -OCH3 is 2. The van der Waals surface area contributed by atoms with Gasteiger partial charge in [-0.3, -0.25) is 9.10 Å². The monoisotopic (exact) mass is 523 g/mol. The van der Waals surface area contributed by atoms with Crippen LogP contribution in [0.15, 0.2) is 88.9 Å². The summed E-state index contributed by atoms with van der Waals surface area (Å²) in [6.07, 6.45) is 0.607. The SMILES string of the molecule is COc1ccc(N(CC(=O)N/N=C(/C)CC(C)(C)c2ccccc2)S(=O)(=O)c2ccccc2)c(OC)c1. The van der Waals surface area contributed by atoms with Crippen LogP contribution in [0.25, 0.3) is 0 Å². The fourth-order valence-corrected chi connectivity index (χ4v) is 5.46. The summed E-state index contributed by atoms with van der Waals surface area (Å²) >= 11 is 0. The number of amides is 1. The van der Waals surface area contributed by atoms with Crippen LogP contribution in [0.1, 0.15) is 32.8 Å². The summed E-state index contributed by atoms with van der Waals surface area (Å²) in [6.45, 7) is 5.54. The van der Waals surface area contributed by atoms with Crippen LogP contribution >= 0.6 is 0 Å². The van der Waals surface area contributed by atoms with Crippen molar-refractivity contribution in [3.8, 4) is 11.5 Å². The van der Waals surface area contributed by atoms with Crippen LogP contribution in [0.4, 0.5) is 5.69 Å². The van der Waals surface area contributed by atoms with E-state index in [0.29, 0.717) is 17.9 Å². The molecule has 0 aliphatic heterocycles. The van der Waals surface area contributed by atoms with Crippen LogP contribution < -0.4 is 19.2 Å². The molecule has 1 amide bonds. The molecule has 1 N–H and O–H groups in total. The van der Waals surface area contributed by atoms with E-state index in [1.807, 2.05) is 25.1 Å². The number of sulfonamides is 1. The first-order chi connectivity index (χ1) is 17.6. The molecule has 8 nitrogen and oxygen atoms in total. The molecule has 0 saturated carbocycles. The highest BCUT2D eigenvalue weighted by Crippen LogP contribution is 2.35. The van der Waals surface area contributed by atoms with Crippen molar-refractivity contribution in [2.45, 2.75) is 37.5 Å². The van der Waals surface area contributed by atoms with Crippen molar-refractivity contribution in [2.75, 3.05) is 25.1 Å². The quantitative estimate of drug-likeness (QED) is 0.289. The van der Waals surface area contributed by atoms with Gasteiger partial charge in [-0.15, -0.1) is 0 Å². The number of carbonyl (C=O) groups excluding carboxylic acids is 1. The molecule has 0 spiro atoms. The molecule has 3 aromatic carbocycles. The zero-order valence-electron chi connectivity index (χ0n) is 21.8. The van der Waals surface area contributed by atoms with Crippen molar-refractivity contribution in [2.24, 2.45) is 5.10 Å². The molecule has 0 aliphatic carbocycles. The first-order valence-corrected chi connectivity index (χ1v) is 13.2. The van der Waals surface area contributed by atoms with Crippen molar-refractivity contribution in [1.82, 2.24) is 5.43 Å². The lowest BCUT2D eigenvalue weighted by Gasteiger charge is -2.26. The molecule has 0 aromatic heterocycles. The fourth-order valence-electron chi connectivity index (χ4n) is 4.00. The molecule has 0 aliphatic rings. The van der Waals surface area contributed by atoms with Crippen molar-refractivity contribution >= 4 is 27.3 Å². The van der Waals surface area contributed by atoms with E-state index >= 15 is 0 Å². The van der Waals surface area contributed by atoms with Crippen LogP contribution in [-0.2, 0) is 20.2 Å². The Morgan fingerprint density at radius 3 is 2.16 bits per heavy atom. The minimum Gasteiger partial charge on any atom is -0.497 e. The van der Waals surface area contributed by atoms with Crippen molar-refractivity contribution in [3.05, 3.63) is 84.4 Å². The molecule has 37 heavy (non-hydrogen) atoms. The van der Waals surface area contributed by atoms with Crippen molar-refractivity contribution in [3.63, 3.8) is 0 Å². The second kappa shape index (κ2) is 11.9. The van der Waals surface area contributed by atoms with Gasteiger partial charge in [0.05, 0.1) is 24.8 Å². The van der Waals surface area contributed by atoms with E-state index in [1.165, 1.54) is 26.4 Å². The minimum absolute atomic E-state index is 0.0463. The van der Waals surface area contributed by atoms with Crippen LogP contribution in [0.5, 0.6) is 11.5 Å². The minimum atomic E-state index is -4.10. The average molecular weight is 524 g/mol. The number of anilines is 1. The predicted molar refractivity (Wildman–Crippen MR) is 146 cm³/mol. The summed E-state index contributed by atoms with van der Waals surface area (Å²) in [4.78, 5) is 13.0. The van der Waals surface area contributed by atoms with Gasteiger partial charge in [-0.2, -0.15) is 5.10 Å². The van der Waals surface area contributed by atoms with E-state index in [4.69, 9.17) is 9.47 Å². The fraction of sp³-hybridized carbons (Fsp3) is 0.286. The third-order valence-corrected chi connectivity index (χ3v) is 7.67. The number of nitrogens with one attached hydrogen (secondary N) is 1. The molecule has 0 unspecified atom stereocenters. The molecule has 0 radical (unpaired) electrons. The number of ether oxygens (including phenoxy) is 2. The number of hydrazone groups is 1. The predicted octanol–water partition coefficient (Wildman–Crippen LogP) is 4.76. The van der Waals surface area contributed by atoms with Crippen molar-refractivity contribution < 1.29 is 22.7 Å². The topological polar surface area (TPSA) is 97.3 Å². The van der Waals surface area contributed by atoms with Gasteiger partial charge in [0.15, 0.2) is 0 Å². The highest BCUT2D eigenvalue weighted by atomic mass is 32.2. The summed E-state index contributed by atoms with van der Waals surface area (Å²) in [5, 5.41) is 4.25. The summed E-state index contributed by atoms with van der Waals surface area (Å²) in [5.41, 5.74) is 4.39. The molecule has 0 bridgehead atoms. The van der Waals surface area contributed by atoms with E-state index in [1.54, 1.807) is 36.4 Å². The van der Waals surface area contributed by atoms with Gasteiger partial charge in [0.25, 0.3) is 15.9 Å². The van der Waals surface area contributed by atoms with Crippen LogP contribution in [0.2, 0.25) is 0 Å². The zero-order chi connectivity index (χ0) is 27.1. The number of carbonyl (C=O) groups is 1. The third kappa shape index (κ3) is 6.89. The smallest absolute Gasteiger partial charge is 0.264 e. The number of rotatable bonds is 11. The number of nitrogens with zero attached hydrogens (tertiary/aromatic N) is 2. The maximum Gasteiger partial charge on any atom is 0.264 e. The Hall–Kier alpha value is -3.85. The van der Waals surface area contributed by atoms with E-state index in [2.05, 4.69) is 36.5 Å². The largest absolute Gasteiger partial charge is 0.497 e. The molecule has 3 rings (SSSR count). The Bertz CT molecular complexity index is 1340. The van der Waals surface area contributed by atoms with Gasteiger partial charge in [-0.05, 0) is 48.6 Å². The lowest BCUT2D eigenvalue weighted by atomic mass is 9.80. The van der Waals surface area contributed by atoms with Gasteiger partial charge in [0.2, 0.25) is 0 Å². The summed E-state index contributed by atoms with van der Waals surface area (Å²) < 4.78 is 38.9. The maximum absolute atomic E-state index is 13.6. The highest BCUT2D eigenvalue weighted by molar-refractivity contribution is 7.92.